The van der Waals surface area contributed by atoms with Crippen LogP contribution in [0.4, 0.5) is 5.82 Å². The molecule has 18 heavy (non-hydrogen) atoms. The second-order valence-corrected chi connectivity index (χ2v) is 4.79. The van der Waals surface area contributed by atoms with Crippen LogP contribution in [0.25, 0.3) is 0 Å². The highest BCUT2D eigenvalue weighted by atomic mass is 16.5. The van der Waals surface area contributed by atoms with Gasteiger partial charge in [0, 0.05) is 6.04 Å². The zero-order valence-corrected chi connectivity index (χ0v) is 11.5. The van der Waals surface area contributed by atoms with Crippen LogP contribution in [0.1, 0.15) is 55.2 Å². The number of hydrogen-bond donors (Lipinski definition) is 1. The first kappa shape index (κ1) is 12.9. The monoisotopic (exact) mass is 251 g/mol. The molecule has 2 rings (SSSR count). The summed E-state index contributed by atoms with van der Waals surface area (Å²) >= 11 is 0. The van der Waals surface area contributed by atoms with Crippen molar-refractivity contribution >= 4 is 11.8 Å². The van der Waals surface area contributed by atoms with E-state index in [-0.39, 0.29) is 5.97 Å². The minimum absolute atomic E-state index is 0.312. The van der Waals surface area contributed by atoms with E-state index < -0.39 is 0 Å². The third kappa shape index (κ3) is 1.98. The molecule has 0 saturated heterocycles. The average Bonchev–Trinajstić information content (AvgIpc) is 2.72. The molecule has 0 radical (unpaired) electrons. The van der Waals surface area contributed by atoms with Crippen LogP contribution in [-0.2, 0) is 4.74 Å². The van der Waals surface area contributed by atoms with E-state index in [1.807, 2.05) is 11.6 Å². The number of carbonyl (C=O) groups is 1. The van der Waals surface area contributed by atoms with Gasteiger partial charge >= 0.3 is 5.97 Å². The number of ether oxygens (including phenoxy) is 1. The number of hydrogen-bond acceptors (Lipinski definition) is 4. The lowest BCUT2D eigenvalue weighted by molar-refractivity contribution is 0.0600. The van der Waals surface area contributed by atoms with Gasteiger partial charge in [-0.3, -0.25) is 0 Å². The van der Waals surface area contributed by atoms with Crippen molar-refractivity contribution < 1.29 is 9.53 Å². The van der Waals surface area contributed by atoms with Crippen LogP contribution in [0, 0.1) is 6.92 Å². The van der Waals surface area contributed by atoms with Gasteiger partial charge in [-0.05, 0) is 26.2 Å². The standard InChI is InChI=1S/C13H21N3O2/c1-5-9-7-10(6-2)16-12(14-9)11(8(3)15-16)13(17)18-4/h9-10,14H,5-7H2,1-4H3. The van der Waals surface area contributed by atoms with E-state index in [9.17, 15) is 4.79 Å². The molecule has 1 aromatic heterocycles. The van der Waals surface area contributed by atoms with Crippen LogP contribution in [-0.4, -0.2) is 28.9 Å². The van der Waals surface area contributed by atoms with Gasteiger partial charge in [0.05, 0.1) is 18.8 Å². The molecule has 2 atom stereocenters. The highest BCUT2D eigenvalue weighted by Gasteiger charge is 2.31. The van der Waals surface area contributed by atoms with Gasteiger partial charge < -0.3 is 10.1 Å². The van der Waals surface area contributed by atoms with Crippen LogP contribution in [0.2, 0.25) is 0 Å². The maximum Gasteiger partial charge on any atom is 0.343 e. The van der Waals surface area contributed by atoms with Crippen molar-refractivity contribution in [1.29, 1.82) is 0 Å². The molecule has 1 N–H and O–H groups in total. The van der Waals surface area contributed by atoms with Crippen LogP contribution in [0.3, 0.4) is 0 Å². The molecule has 0 saturated carbocycles. The molecule has 0 bridgehead atoms. The largest absolute Gasteiger partial charge is 0.465 e. The summed E-state index contributed by atoms with van der Waals surface area (Å²) < 4.78 is 6.80. The smallest absolute Gasteiger partial charge is 0.343 e. The summed E-state index contributed by atoms with van der Waals surface area (Å²) in [6.07, 6.45) is 3.12. The predicted molar refractivity (Wildman–Crippen MR) is 70.0 cm³/mol. The Kier molecular flexibility index (Phi) is 3.59. The maximum atomic E-state index is 11.8. The van der Waals surface area contributed by atoms with Crippen molar-refractivity contribution in [3.8, 4) is 0 Å². The maximum absolute atomic E-state index is 11.8. The first-order valence-corrected chi connectivity index (χ1v) is 6.56. The fraction of sp³-hybridized carbons (Fsp3) is 0.692. The van der Waals surface area contributed by atoms with Gasteiger partial charge in [0.1, 0.15) is 11.4 Å². The summed E-state index contributed by atoms with van der Waals surface area (Å²) in [5.74, 6) is 0.511. The third-order valence-corrected chi connectivity index (χ3v) is 3.68. The van der Waals surface area contributed by atoms with Gasteiger partial charge in [0.25, 0.3) is 0 Å². The zero-order valence-electron chi connectivity index (χ0n) is 11.5. The molecular formula is C13H21N3O2. The number of aromatic nitrogens is 2. The average molecular weight is 251 g/mol. The second-order valence-electron chi connectivity index (χ2n) is 4.79. The van der Waals surface area contributed by atoms with Gasteiger partial charge in [-0.15, -0.1) is 0 Å². The summed E-state index contributed by atoms with van der Waals surface area (Å²) in [4.78, 5) is 11.8. The molecule has 0 fully saturated rings. The van der Waals surface area contributed by atoms with Crippen LogP contribution in [0.5, 0.6) is 0 Å². The normalized spacial score (nSPS) is 22.2. The topological polar surface area (TPSA) is 56.2 Å². The third-order valence-electron chi connectivity index (χ3n) is 3.68. The van der Waals surface area contributed by atoms with Crippen molar-refractivity contribution in [2.75, 3.05) is 12.4 Å². The Balaban J connectivity index is 2.47. The fourth-order valence-electron chi connectivity index (χ4n) is 2.59. The number of carbonyl (C=O) groups excluding carboxylic acids is 1. The van der Waals surface area contributed by atoms with E-state index in [1.165, 1.54) is 7.11 Å². The number of rotatable bonds is 3. The number of methoxy groups -OCH3 is 1. The highest BCUT2D eigenvalue weighted by Crippen LogP contribution is 2.34. The van der Waals surface area contributed by atoms with E-state index in [0.29, 0.717) is 17.6 Å². The fourth-order valence-corrected chi connectivity index (χ4v) is 2.59. The Morgan fingerprint density at radius 3 is 2.78 bits per heavy atom. The van der Waals surface area contributed by atoms with Crippen LogP contribution < -0.4 is 5.32 Å². The Labute approximate surface area is 108 Å². The summed E-state index contributed by atoms with van der Waals surface area (Å²) in [6.45, 7) is 6.16. The van der Waals surface area contributed by atoms with Crippen molar-refractivity contribution in [2.24, 2.45) is 0 Å². The SMILES string of the molecule is CCC1CC(CC)n2nc(C)c(C(=O)OC)c2N1. The molecule has 2 heterocycles. The molecule has 5 heteroatoms. The molecule has 1 aliphatic rings. The molecule has 2 unspecified atom stereocenters. The van der Waals surface area contributed by atoms with Gasteiger partial charge in [-0.1, -0.05) is 13.8 Å². The Hall–Kier alpha value is -1.52. The summed E-state index contributed by atoms with van der Waals surface area (Å²) in [5, 5.41) is 7.91. The molecule has 0 aliphatic carbocycles. The first-order chi connectivity index (χ1) is 8.62. The minimum Gasteiger partial charge on any atom is -0.465 e. The molecular weight excluding hydrogens is 230 g/mol. The molecule has 1 aliphatic heterocycles. The van der Waals surface area contributed by atoms with Gasteiger partial charge in [0.15, 0.2) is 0 Å². The highest BCUT2D eigenvalue weighted by molar-refractivity contribution is 5.96. The Bertz CT molecular complexity index is 453. The molecule has 0 spiro atoms. The number of anilines is 1. The lowest BCUT2D eigenvalue weighted by atomic mass is 10.00. The number of nitrogens with zero attached hydrogens (tertiary/aromatic N) is 2. The van der Waals surface area contributed by atoms with Crippen molar-refractivity contribution in [3.63, 3.8) is 0 Å². The number of aryl methyl sites for hydroxylation is 1. The van der Waals surface area contributed by atoms with Crippen molar-refractivity contribution in [2.45, 2.75) is 52.1 Å². The molecule has 5 nitrogen and oxygen atoms in total. The van der Waals surface area contributed by atoms with Crippen molar-refractivity contribution in [1.82, 2.24) is 9.78 Å². The lowest BCUT2D eigenvalue weighted by Crippen LogP contribution is -2.32. The minimum atomic E-state index is -0.312. The Morgan fingerprint density at radius 1 is 1.50 bits per heavy atom. The molecule has 0 aromatic carbocycles. The van der Waals surface area contributed by atoms with Crippen LogP contribution >= 0.6 is 0 Å². The first-order valence-electron chi connectivity index (χ1n) is 6.56. The van der Waals surface area contributed by atoms with Gasteiger partial charge in [0.2, 0.25) is 0 Å². The lowest BCUT2D eigenvalue weighted by Gasteiger charge is -2.31. The van der Waals surface area contributed by atoms with E-state index in [2.05, 4.69) is 24.3 Å². The van der Waals surface area contributed by atoms with E-state index in [0.717, 1.165) is 30.8 Å². The predicted octanol–water partition coefficient (Wildman–Crippen LogP) is 2.52. The summed E-state index contributed by atoms with van der Waals surface area (Å²) in [5.41, 5.74) is 1.31. The summed E-state index contributed by atoms with van der Waals surface area (Å²) in [7, 11) is 1.41. The van der Waals surface area contributed by atoms with E-state index in [4.69, 9.17) is 4.74 Å². The second kappa shape index (κ2) is 5.00. The molecule has 0 amide bonds. The van der Waals surface area contributed by atoms with Gasteiger partial charge in [-0.2, -0.15) is 5.10 Å². The summed E-state index contributed by atoms with van der Waals surface area (Å²) in [6, 6.07) is 0.769. The molecule has 100 valence electrons. The quantitative estimate of drug-likeness (QED) is 0.839. The van der Waals surface area contributed by atoms with Gasteiger partial charge in [-0.25, -0.2) is 9.48 Å². The number of nitrogens with one attached hydrogen (secondary N) is 1. The van der Waals surface area contributed by atoms with Crippen LogP contribution in [0.15, 0.2) is 0 Å². The van der Waals surface area contributed by atoms with Crippen molar-refractivity contribution in [3.05, 3.63) is 11.3 Å². The van der Waals surface area contributed by atoms with E-state index >= 15 is 0 Å². The zero-order chi connectivity index (χ0) is 13.3. The number of esters is 1. The molecule has 1 aromatic rings. The Morgan fingerprint density at radius 2 is 2.22 bits per heavy atom. The number of fused-ring (bicyclic) bond motifs is 1. The van der Waals surface area contributed by atoms with E-state index in [1.54, 1.807) is 0 Å².